The second kappa shape index (κ2) is 16.5. The zero-order valence-electron chi connectivity index (χ0n) is 28.3. The summed E-state index contributed by atoms with van der Waals surface area (Å²) in [5, 5.41) is 7.42. The first-order valence-corrected chi connectivity index (χ1v) is 15.3. The molecule has 0 saturated heterocycles. The van der Waals surface area contributed by atoms with Crippen LogP contribution in [-0.4, -0.2) is 34.3 Å². The fourth-order valence-corrected chi connectivity index (χ4v) is 7.52. The van der Waals surface area contributed by atoms with E-state index in [9.17, 15) is 9.59 Å². The van der Waals surface area contributed by atoms with E-state index in [1.54, 1.807) is 6.08 Å². The van der Waals surface area contributed by atoms with Gasteiger partial charge in [0.15, 0.2) is 11.6 Å². The number of anilines is 1. The Morgan fingerprint density at radius 1 is 0.844 bits per heavy atom. The second-order valence-electron chi connectivity index (χ2n) is 13.3. The molecule has 0 spiro atoms. The van der Waals surface area contributed by atoms with Crippen molar-refractivity contribution in [2.24, 2.45) is 58.1 Å². The maximum atomic E-state index is 13.2. The topological polar surface area (TPSA) is 200 Å². The number of esters is 2. The minimum atomic E-state index is -0.833. The van der Waals surface area contributed by atoms with Crippen LogP contribution >= 0.6 is 0 Å². The molecule has 45 heavy (non-hydrogen) atoms. The number of amidine groups is 1. The number of carboxylic acids is 1. The molecule has 4 atom stereocenters. The summed E-state index contributed by atoms with van der Waals surface area (Å²) in [5.41, 5.74) is 14.8. The number of carbonyl (C=O) groups excluding carboxylic acids is 2. The van der Waals surface area contributed by atoms with E-state index < -0.39 is 5.97 Å². The molecule has 0 radical (unpaired) electrons. The van der Waals surface area contributed by atoms with Gasteiger partial charge in [0.2, 0.25) is 0 Å². The van der Waals surface area contributed by atoms with Gasteiger partial charge in [-0.3, -0.25) is 14.4 Å². The van der Waals surface area contributed by atoms with Gasteiger partial charge in [-0.2, -0.15) is 0 Å². The number of nitrogen functional groups attached to an aromatic ring is 1. The fourth-order valence-electron chi connectivity index (χ4n) is 7.52. The van der Waals surface area contributed by atoms with Crippen LogP contribution < -0.4 is 21.2 Å². The van der Waals surface area contributed by atoms with E-state index in [0.717, 1.165) is 32.6 Å². The molecular weight excluding hydrogens is 630 g/mol. The summed E-state index contributed by atoms with van der Waals surface area (Å²) in [4.78, 5) is 44.2. The number of nitrogens with two attached hydrogens (primary N) is 2. The minimum absolute atomic E-state index is 0. The van der Waals surface area contributed by atoms with Crippen molar-refractivity contribution in [2.45, 2.75) is 88.0 Å². The molecule has 1 aliphatic heterocycles. The Bertz CT molecular complexity index is 1310. The Balaban J connectivity index is 0.00000159. The third-order valence-corrected chi connectivity index (χ3v) is 9.17. The zero-order chi connectivity index (χ0) is 32.3. The fraction of sp³-hybridized carbons (Fsp3) is 0.636. The number of nitrogens with zero attached hydrogens (tertiary/aromatic N) is 2. The van der Waals surface area contributed by atoms with Gasteiger partial charge in [0, 0.05) is 32.0 Å². The molecule has 1 aromatic rings. The van der Waals surface area contributed by atoms with Gasteiger partial charge in [0.05, 0.1) is 17.5 Å². The summed E-state index contributed by atoms with van der Waals surface area (Å²) < 4.78 is 11.7. The van der Waals surface area contributed by atoms with Crippen LogP contribution in [0.2, 0.25) is 0 Å². The Morgan fingerprint density at radius 2 is 1.24 bits per heavy atom. The molecule has 0 amide bonds. The summed E-state index contributed by atoms with van der Waals surface area (Å²) in [6.45, 7) is 17.7. The third kappa shape index (κ3) is 9.52. The predicted molar refractivity (Wildman–Crippen MR) is 170 cm³/mol. The molecule has 2 fully saturated rings. The van der Waals surface area contributed by atoms with Crippen LogP contribution in [0.3, 0.4) is 0 Å². The van der Waals surface area contributed by atoms with Crippen LogP contribution in [0.1, 0.15) is 92.3 Å². The normalized spacial score (nSPS) is 30.2. The molecule has 12 heteroatoms. The van der Waals surface area contributed by atoms with Crippen LogP contribution in [0.15, 0.2) is 22.0 Å². The summed E-state index contributed by atoms with van der Waals surface area (Å²) in [6, 6.07) is 0. The molecule has 2 aliphatic carbocycles. The number of carboxylic acid groups (broad SMARTS) is 1. The van der Waals surface area contributed by atoms with Gasteiger partial charge in [-0.15, -0.1) is 0 Å². The molecule has 11 nitrogen and oxygen atoms in total. The average Bonchev–Trinajstić information content (AvgIpc) is 3.26. The van der Waals surface area contributed by atoms with Crippen LogP contribution in [0.5, 0.6) is 5.75 Å². The molecule has 2 saturated carbocycles. The Kier molecular flexibility index (Phi) is 14.7. The average molecular weight is 681 g/mol. The molecule has 4 rings (SSSR count). The molecule has 0 aromatic carbocycles. The summed E-state index contributed by atoms with van der Waals surface area (Å²) in [5.74, 6) is 1.41. The Morgan fingerprint density at radius 3 is 1.67 bits per heavy atom. The molecule has 1 aromatic heterocycles. The Labute approximate surface area is 279 Å². The van der Waals surface area contributed by atoms with Crippen LogP contribution in [0.4, 0.5) is 5.82 Å². The first kappa shape index (κ1) is 40.0. The van der Waals surface area contributed by atoms with Crippen LogP contribution in [-0.2, 0) is 38.6 Å². The van der Waals surface area contributed by atoms with Crippen molar-refractivity contribution in [1.82, 2.24) is 4.98 Å². The number of hydrogen-bond donors (Lipinski definition) is 3. The van der Waals surface area contributed by atoms with Gasteiger partial charge in [-0.25, -0.2) is 4.99 Å². The number of hydrogen-bond acceptors (Lipinski definition) is 8. The number of rotatable bonds is 5. The SMILES string of the molecule is CC(=O)O.CC1=C(OC(=O)C2C(C)CC(C)CC2C)C(N)=N/C1=C\c1[n-]c(N)c(OC(=O)C2C(C)CC(C)CC2C)c1C.O.[Zn]. The molecule has 3 aliphatic rings. The summed E-state index contributed by atoms with van der Waals surface area (Å²) in [6.07, 6.45) is 5.76. The first-order valence-electron chi connectivity index (χ1n) is 15.3. The quantitative estimate of drug-likeness (QED) is 0.287. The molecule has 2 heterocycles. The number of aromatic nitrogens is 1. The monoisotopic (exact) mass is 679 g/mol. The number of aliphatic imine (C=N–C) groups is 1. The second-order valence-corrected chi connectivity index (χ2v) is 13.3. The summed E-state index contributed by atoms with van der Waals surface area (Å²) in [7, 11) is 0. The third-order valence-electron chi connectivity index (χ3n) is 9.17. The van der Waals surface area contributed by atoms with E-state index in [2.05, 4.69) is 51.5 Å². The standard InChI is InChI=1S/C31H45N4O4.C2H4O2.H2O.Zn/c1-14-9-16(3)24(17(4)10-14)30(36)38-26-20(7)22(34-28(26)32)13-23-21(8)27(29(33)35-23)39-31(37)25-18(5)11-15(2)12-19(25)6;1-2(3)4;;/h13-19,24-25H,9-12H2,1-8H3,(H4-,32,33,34,35);1H3,(H,3,4);1H2;/q-1;;;. The van der Waals surface area contributed by atoms with Crippen molar-refractivity contribution in [3.63, 3.8) is 0 Å². The number of aliphatic carboxylic acids is 1. The van der Waals surface area contributed by atoms with Crippen molar-refractivity contribution in [3.8, 4) is 5.75 Å². The minimum Gasteiger partial charge on any atom is -0.492 e. The molecule has 0 bridgehead atoms. The number of allylic oxidation sites excluding steroid dienone is 1. The van der Waals surface area contributed by atoms with Crippen molar-refractivity contribution in [2.75, 3.05) is 5.73 Å². The molecule has 4 unspecified atom stereocenters. The molecular formula is C33H51N4O7Zn-. The van der Waals surface area contributed by atoms with E-state index in [-0.39, 0.29) is 84.1 Å². The first-order chi connectivity index (χ1) is 20.0. The maximum Gasteiger partial charge on any atom is 0.315 e. The van der Waals surface area contributed by atoms with E-state index in [1.165, 1.54) is 0 Å². The van der Waals surface area contributed by atoms with Crippen molar-refractivity contribution in [3.05, 3.63) is 28.3 Å². The summed E-state index contributed by atoms with van der Waals surface area (Å²) >= 11 is 0. The van der Waals surface area contributed by atoms with E-state index >= 15 is 0 Å². The van der Waals surface area contributed by atoms with Gasteiger partial charge < -0.3 is 36.5 Å². The molecule has 248 valence electrons. The number of carbonyl (C=O) groups is 3. The van der Waals surface area contributed by atoms with Gasteiger partial charge in [-0.05, 0) is 98.2 Å². The zero-order valence-corrected chi connectivity index (χ0v) is 31.2. The van der Waals surface area contributed by atoms with Crippen molar-refractivity contribution >= 4 is 35.6 Å². The predicted octanol–water partition coefficient (Wildman–Crippen LogP) is 4.87. The van der Waals surface area contributed by atoms with E-state index in [0.29, 0.717) is 45.9 Å². The Hall–Kier alpha value is -2.98. The maximum absolute atomic E-state index is 13.2. The van der Waals surface area contributed by atoms with Gasteiger partial charge in [0.25, 0.3) is 5.97 Å². The van der Waals surface area contributed by atoms with Gasteiger partial charge in [0.1, 0.15) is 5.75 Å². The van der Waals surface area contributed by atoms with Crippen molar-refractivity contribution < 1.29 is 53.9 Å². The van der Waals surface area contributed by atoms with Crippen molar-refractivity contribution in [1.29, 1.82) is 0 Å². The molecule has 7 N–H and O–H groups in total. The van der Waals surface area contributed by atoms with Crippen LogP contribution in [0.25, 0.3) is 6.08 Å². The van der Waals surface area contributed by atoms with Crippen LogP contribution in [0, 0.1) is 54.3 Å². The van der Waals surface area contributed by atoms with Gasteiger partial charge >= 0.3 is 11.9 Å². The van der Waals surface area contributed by atoms with Gasteiger partial charge in [-0.1, -0.05) is 41.5 Å². The largest absolute Gasteiger partial charge is 0.492 e. The van der Waals surface area contributed by atoms with E-state index in [1.807, 2.05) is 13.8 Å². The van der Waals surface area contributed by atoms with E-state index in [4.69, 9.17) is 30.8 Å². The smallest absolute Gasteiger partial charge is 0.315 e. The number of ether oxygens (including phenoxy) is 2.